The van der Waals surface area contributed by atoms with E-state index in [-0.39, 0.29) is 45.6 Å². The first-order valence-corrected chi connectivity index (χ1v) is 9.73. The second-order valence-electron chi connectivity index (χ2n) is 7.77. The Hall–Kier alpha value is -3.26. The van der Waals surface area contributed by atoms with E-state index in [1.54, 1.807) is 12.1 Å². The van der Waals surface area contributed by atoms with Crippen LogP contribution in [0.4, 0.5) is 14.5 Å². The fraction of sp³-hybridized carbons (Fsp3) is 0.273. The van der Waals surface area contributed by atoms with Crippen LogP contribution in [0.15, 0.2) is 50.0 Å². The molecule has 0 aliphatic carbocycles. The third-order valence-corrected chi connectivity index (χ3v) is 5.31. The zero-order valence-electron chi connectivity index (χ0n) is 16.4. The maximum Gasteiger partial charge on any atom is 0.349 e. The number of halogens is 2. The van der Waals surface area contributed by atoms with Gasteiger partial charge in [0.2, 0.25) is 5.89 Å². The molecule has 1 aliphatic heterocycles. The standard InChI is InChI=1S/C22H19F2N3O3/c1-11-9-27(10-12(2)25-11)13-6-17(24)14-8-15(22(28)30-19(14)7-13)21-26-20-16(23)4-3-5-18(20)29-21/h3-8,11-12,25H,9-10H2,1-2H3. The molecule has 6 nitrogen and oxygen atoms in total. The summed E-state index contributed by atoms with van der Waals surface area (Å²) in [5, 5.41) is 3.56. The highest BCUT2D eigenvalue weighted by Crippen LogP contribution is 2.30. The van der Waals surface area contributed by atoms with E-state index in [1.807, 2.05) is 0 Å². The van der Waals surface area contributed by atoms with Crippen LogP contribution >= 0.6 is 0 Å². The first-order chi connectivity index (χ1) is 14.4. The minimum absolute atomic E-state index is 0.00441. The number of anilines is 1. The summed E-state index contributed by atoms with van der Waals surface area (Å²) in [6.07, 6.45) is 0. The summed E-state index contributed by atoms with van der Waals surface area (Å²) < 4.78 is 39.8. The number of hydrogen-bond donors (Lipinski definition) is 1. The number of fused-ring (bicyclic) bond motifs is 2. The minimum Gasteiger partial charge on any atom is -0.436 e. The van der Waals surface area contributed by atoms with E-state index in [9.17, 15) is 13.6 Å². The molecule has 3 heterocycles. The van der Waals surface area contributed by atoms with Crippen molar-refractivity contribution < 1.29 is 17.6 Å². The smallest absolute Gasteiger partial charge is 0.349 e. The quantitative estimate of drug-likeness (QED) is 0.502. The molecule has 2 unspecified atom stereocenters. The highest BCUT2D eigenvalue weighted by atomic mass is 19.1. The summed E-state index contributed by atoms with van der Waals surface area (Å²) in [6.45, 7) is 5.56. The molecule has 2 atom stereocenters. The Bertz CT molecular complexity index is 1320. The van der Waals surface area contributed by atoms with Crippen molar-refractivity contribution in [2.24, 2.45) is 0 Å². The number of nitrogens with zero attached hydrogens (tertiary/aromatic N) is 2. The van der Waals surface area contributed by atoms with Gasteiger partial charge in [-0.25, -0.2) is 18.6 Å². The number of nitrogens with one attached hydrogen (secondary N) is 1. The predicted molar refractivity (Wildman–Crippen MR) is 110 cm³/mol. The molecule has 0 spiro atoms. The number of aromatic nitrogens is 1. The average molecular weight is 411 g/mol. The molecule has 0 amide bonds. The van der Waals surface area contributed by atoms with Crippen LogP contribution < -0.4 is 15.8 Å². The summed E-state index contributed by atoms with van der Waals surface area (Å²) in [4.78, 5) is 18.7. The van der Waals surface area contributed by atoms with E-state index in [4.69, 9.17) is 8.83 Å². The van der Waals surface area contributed by atoms with E-state index in [0.29, 0.717) is 18.8 Å². The number of oxazole rings is 1. The Morgan fingerprint density at radius 2 is 1.80 bits per heavy atom. The van der Waals surface area contributed by atoms with Gasteiger partial charge >= 0.3 is 5.63 Å². The van der Waals surface area contributed by atoms with Gasteiger partial charge in [0.15, 0.2) is 11.4 Å². The highest BCUT2D eigenvalue weighted by molar-refractivity contribution is 5.85. The molecular weight excluding hydrogens is 392 g/mol. The van der Waals surface area contributed by atoms with Crippen molar-refractivity contribution in [3.63, 3.8) is 0 Å². The molecular formula is C22H19F2N3O3. The van der Waals surface area contributed by atoms with Crippen LogP contribution in [-0.2, 0) is 0 Å². The van der Waals surface area contributed by atoms with Crippen molar-refractivity contribution in [2.45, 2.75) is 25.9 Å². The van der Waals surface area contributed by atoms with Crippen molar-refractivity contribution >= 4 is 27.8 Å². The maximum atomic E-state index is 15.0. The Morgan fingerprint density at radius 3 is 2.53 bits per heavy atom. The van der Waals surface area contributed by atoms with Crippen molar-refractivity contribution in [3.05, 3.63) is 58.5 Å². The zero-order chi connectivity index (χ0) is 21.0. The molecule has 5 rings (SSSR count). The second-order valence-corrected chi connectivity index (χ2v) is 7.77. The van der Waals surface area contributed by atoms with Gasteiger partial charge in [0.25, 0.3) is 0 Å². The predicted octanol–water partition coefficient (Wildman–Crippen LogP) is 4.07. The van der Waals surface area contributed by atoms with Gasteiger partial charge in [0.1, 0.15) is 22.5 Å². The lowest BCUT2D eigenvalue weighted by Crippen LogP contribution is -2.54. The van der Waals surface area contributed by atoms with Gasteiger partial charge in [0, 0.05) is 36.9 Å². The summed E-state index contributed by atoms with van der Waals surface area (Å²) in [6, 6.07) is 9.21. The molecule has 30 heavy (non-hydrogen) atoms. The maximum absolute atomic E-state index is 15.0. The largest absolute Gasteiger partial charge is 0.436 e. The van der Waals surface area contributed by atoms with Crippen molar-refractivity contribution in [2.75, 3.05) is 18.0 Å². The monoisotopic (exact) mass is 411 g/mol. The van der Waals surface area contributed by atoms with Crippen LogP contribution in [0.3, 0.4) is 0 Å². The fourth-order valence-corrected chi connectivity index (χ4v) is 4.06. The lowest BCUT2D eigenvalue weighted by Gasteiger charge is -2.37. The first-order valence-electron chi connectivity index (χ1n) is 9.73. The van der Waals surface area contributed by atoms with Crippen LogP contribution in [0.1, 0.15) is 13.8 Å². The van der Waals surface area contributed by atoms with Crippen molar-refractivity contribution in [3.8, 4) is 11.5 Å². The summed E-state index contributed by atoms with van der Waals surface area (Å²) >= 11 is 0. The first kappa shape index (κ1) is 18.7. The van der Waals surface area contributed by atoms with Gasteiger partial charge in [-0.3, -0.25) is 0 Å². The van der Waals surface area contributed by atoms with Crippen molar-refractivity contribution in [1.29, 1.82) is 0 Å². The Morgan fingerprint density at radius 1 is 1.03 bits per heavy atom. The number of rotatable bonds is 2. The van der Waals surface area contributed by atoms with Crippen molar-refractivity contribution in [1.82, 2.24) is 10.3 Å². The van der Waals surface area contributed by atoms with Crippen LogP contribution in [0.5, 0.6) is 0 Å². The molecule has 8 heteroatoms. The van der Waals surface area contributed by atoms with Crippen LogP contribution in [-0.4, -0.2) is 30.2 Å². The van der Waals surface area contributed by atoms with E-state index >= 15 is 0 Å². The lowest BCUT2D eigenvalue weighted by molar-refractivity contribution is 0.406. The second kappa shape index (κ2) is 6.91. The highest BCUT2D eigenvalue weighted by Gasteiger charge is 2.23. The normalized spacial score (nSPS) is 19.7. The number of piperazine rings is 1. The Labute approximate surface area is 170 Å². The third-order valence-electron chi connectivity index (χ3n) is 5.31. The van der Waals surface area contributed by atoms with Gasteiger partial charge in [-0.1, -0.05) is 6.07 Å². The molecule has 4 aromatic rings. The number of benzene rings is 2. The van der Waals surface area contributed by atoms with Gasteiger partial charge in [-0.15, -0.1) is 0 Å². The number of para-hydroxylation sites is 1. The lowest BCUT2D eigenvalue weighted by atomic mass is 10.1. The zero-order valence-corrected chi connectivity index (χ0v) is 16.4. The summed E-state index contributed by atoms with van der Waals surface area (Å²) in [5.74, 6) is -1.20. The molecule has 154 valence electrons. The Balaban J connectivity index is 1.61. The van der Waals surface area contributed by atoms with Gasteiger partial charge in [-0.05, 0) is 38.1 Å². The summed E-state index contributed by atoms with van der Waals surface area (Å²) in [7, 11) is 0. The molecule has 1 aliphatic rings. The molecule has 1 fully saturated rings. The molecule has 0 radical (unpaired) electrons. The summed E-state index contributed by atoms with van der Waals surface area (Å²) in [5.41, 5.74) is 0.203. The molecule has 1 N–H and O–H groups in total. The SMILES string of the molecule is CC1CN(c2cc(F)c3cc(-c4nc5c(F)cccc5o4)c(=O)oc3c2)CC(C)N1. The van der Waals surface area contributed by atoms with Gasteiger partial charge < -0.3 is 19.1 Å². The van der Waals surface area contributed by atoms with E-state index in [0.717, 1.165) is 0 Å². The van der Waals surface area contributed by atoms with Crippen LogP contribution in [0.2, 0.25) is 0 Å². The Kier molecular flexibility index (Phi) is 4.32. The van der Waals surface area contributed by atoms with Gasteiger partial charge in [0.05, 0.1) is 5.39 Å². The van der Waals surface area contributed by atoms with E-state index in [1.165, 1.54) is 24.3 Å². The molecule has 1 saturated heterocycles. The van der Waals surface area contributed by atoms with E-state index < -0.39 is 17.3 Å². The topological polar surface area (TPSA) is 71.5 Å². The van der Waals surface area contributed by atoms with Crippen LogP contribution in [0.25, 0.3) is 33.5 Å². The van der Waals surface area contributed by atoms with E-state index in [2.05, 4.69) is 29.0 Å². The average Bonchev–Trinajstić information content (AvgIpc) is 3.12. The molecule has 2 aromatic carbocycles. The van der Waals surface area contributed by atoms with Gasteiger partial charge in [-0.2, -0.15) is 0 Å². The fourth-order valence-electron chi connectivity index (χ4n) is 4.06. The van der Waals surface area contributed by atoms with Crippen LogP contribution in [0, 0.1) is 11.6 Å². The molecule has 0 bridgehead atoms. The third kappa shape index (κ3) is 3.13. The minimum atomic E-state index is -0.729. The molecule has 2 aromatic heterocycles. The number of hydrogen-bond acceptors (Lipinski definition) is 6. The molecule has 0 saturated carbocycles.